The highest BCUT2D eigenvalue weighted by atomic mass is 79.9. The van der Waals surface area contributed by atoms with Crippen molar-refractivity contribution in [2.45, 2.75) is 39.2 Å². The second-order valence-corrected chi connectivity index (χ2v) is 5.35. The Kier molecular flexibility index (Phi) is 6.51. The van der Waals surface area contributed by atoms with Crippen LogP contribution in [0.15, 0.2) is 22.7 Å². The number of rotatable bonds is 6. The molecule has 1 rings (SSSR count). The first kappa shape index (κ1) is 16.5. The van der Waals surface area contributed by atoms with E-state index in [4.69, 9.17) is 5.11 Å². The standard InChI is InChI=1S/C14H19BrN2O3/c1-3-5-10(4-2)16-14(20)17-12-8-9(13(18)19)6-7-11(12)15/h6-8,10H,3-5H2,1-2H3,(H,18,19)(H2,16,17,20). The van der Waals surface area contributed by atoms with Crippen molar-refractivity contribution in [2.75, 3.05) is 5.32 Å². The van der Waals surface area contributed by atoms with Gasteiger partial charge in [-0.3, -0.25) is 0 Å². The van der Waals surface area contributed by atoms with Crippen LogP contribution in [0.2, 0.25) is 0 Å². The molecule has 0 fully saturated rings. The van der Waals surface area contributed by atoms with Crippen molar-refractivity contribution in [3.8, 4) is 0 Å². The first-order chi connectivity index (χ1) is 9.47. The summed E-state index contributed by atoms with van der Waals surface area (Å²) in [6.45, 7) is 4.08. The molecule has 1 aromatic carbocycles. The summed E-state index contributed by atoms with van der Waals surface area (Å²) in [5.41, 5.74) is 0.567. The summed E-state index contributed by atoms with van der Waals surface area (Å²) in [6.07, 6.45) is 2.77. The van der Waals surface area contributed by atoms with E-state index in [1.54, 1.807) is 6.07 Å². The van der Waals surface area contributed by atoms with Gasteiger partial charge in [0.25, 0.3) is 0 Å². The average Bonchev–Trinajstić information content (AvgIpc) is 2.40. The molecular weight excluding hydrogens is 324 g/mol. The maximum absolute atomic E-state index is 11.9. The third kappa shape index (κ3) is 4.85. The normalized spacial score (nSPS) is 11.8. The molecule has 20 heavy (non-hydrogen) atoms. The number of benzene rings is 1. The Labute approximate surface area is 126 Å². The van der Waals surface area contributed by atoms with Crippen LogP contribution in [0.5, 0.6) is 0 Å². The lowest BCUT2D eigenvalue weighted by atomic mass is 10.1. The van der Waals surface area contributed by atoms with Crippen LogP contribution in [-0.2, 0) is 0 Å². The summed E-state index contributed by atoms with van der Waals surface area (Å²) in [6, 6.07) is 4.30. The second kappa shape index (κ2) is 7.89. The van der Waals surface area contributed by atoms with Gasteiger partial charge in [0.05, 0.1) is 11.3 Å². The molecule has 0 aliphatic rings. The third-order valence-corrected chi connectivity index (χ3v) is 3.62. The lowest BCUT2D eigenvalue weighted by Gasteiger charge is -2.17. The number of hydrogen-bond donors (Lipinski definition) is 3. The summed E-state index contributed by atoms with van der Waals surface area (Å²) in [4.78, 5) is 22.8. The minimum absolute atomic E-state index is 0.126. The summed E-state index contributed by atoms with van der Waals surface area (Å²) in [5, 5.41) is 14.5. The highest BCUT2D eigenvalue weighted by molar-refractivity contribution is 9.10. The van der Waals surface area contributed by atoms with Crippen LogP contribution in [0, 0.1) is 0 Å². The number of carboxylic acid groups (broad SMARTS) is 1. The monoisotopic (exact) mass is 342 g/mol. The number of urea groups is 1. The SMILES string of the molecule is CCCC(CC)NC(=O)Nc1cc(C(=O)O)ccc1Br. The van der Waals surface area contributed by atoms with E-state index in [1.807, 2.05) is 6.92 Å². The molecule has 0 heterocycles. The molecule has 1 aromatic rings. The zero-order chi connectivity index (χ0) is 15.1. The first-order valence-corrected chi connectivity index (χ1v) is 7.37. The Balaban J connectivity index is 2.74. The Bertz CT molecular complexity index is 491. The molecule has 0 spiro atoms. The smallest absolute Gasteiger partial charge is 0.335 e. The van der Waals surface area contributed by atoms with Crippen molar-refractivity contribution in [3.63, 3.8) is 0 Å². The van der Waals surface area contributed by atoms with Crippen LogP contribution in [0.1, 0.15) is 43.5 Å². The molecule has 0 saturated heterocycles. The number of amides is 2. The van der Waals surface area contributed by atoms with Gasteiger partial charge >= 0.3 is 12.0 Å². The zero-order valence-electron chi connectivity index (χ0n) is 11.6. The van der Waals surface area contributed by atoms with Gasteiger partial charge in [-0.05, 0) is 47.0 Å². The van der Waals surface area contributed by atoms with Gasteiger partial charge in [-0.1, -0.05) is 20.3 Å². The largest absolute Gasteiger partial charge is 0.478 e. The molecule has 0 aliphatic heterocycles. The predicted octanol–water partition coefficient (Wildman–Crippen LogP) is 3.85. The molecular formula is C14H19BrN2O3. The molecule has 1 unspecified atom stereocenters. The zero-order valence-corrected chi connectivity index (χ0v) is 13.2. The Morgan fingerprint density at radius 2 is 2.05 bits per heavy atom. The predicted molar refractivity (Wildman–Crippen MR) is 82.2 cm³/mol. The maximum atomic E-state index is 11.9. The fourth-order valence-corrected chi connectivity index (χ4v) is 2.17. The topological polar surface area (TPSA) is 78.4 Å². The molecule has 0 radical (unpaired) electrons. The number of carbonyl (C=O) groups is 2. The number of hydrogen-bond acceptors (Lipinski definition) is 2. The van der Waals surface area contributed by atoms with Crippen LogP contribution in [0.4, 0.5) is 10.5 Å². The minimum Gasteiger partial charge on any atom is -0.478 e. The van der Waals surface area contributed by atoms with Crippen LogP contribution in [-0.4, -0.2) is 23.1 Å². The van der Waals surface area contributed by atoms with Crippen molar-refractivity contribution >= 4 is 33.6 Å². The highest BCUT2D eigenvalue weighted by Gasteiger charge is 2.12. The quantitative estimate of drug-likeness (QED) is 0.734. The molecule has 5 nitrogen and oxygen atoms in total. The summed E-state index contributed by atoms with van der Waals surface area (Å²) in [7, 11) is 0. The second-order valence-electron chi connectivity index (χ2n) is 4.49. The van der Waals surface area contributed by atoms with Crippen LogP contribution >= 0.6 is 15.9 Å². The number of anilines is 1. The van der Waals surface area contributed by atoms with E-state index in [-0.39, 0.29) is 17.6 Å². The van der Waals surface area contributed by atoms with Gasteiger partial charge in [-0.2, -0.15) is 0 Å². The van der Waals surface area contributed by atoms with Gasteiger partial charge in [0, 0.05) is 10.5 Å². The Hall–Kier alpha value is -1.56. The van der Waals surface area contributed by atoms with Crippen LogP contribution in [0.3, 0.4) is 0 Å². The summed E-state index contributed by atoms with van der Waals surface area (Å²) in [5.74, 6) is -1.03. The van der Waals surface area contributed by atoms with Crippen molar-refractivity contribution in [3.05, 3.63) is 28.2 Å². The van der Waals surface area contributed by atoms with Crippen molar-refractivity contribution in [2.24, 2.45) is 0 Å². The number of aromatic carboxylic acids is 1. The van der Waals surface area contributed by atoms with E-state index in [1.165, 1.54) is 12.1 Å². The minimum atomic E-state index is -1.03. The van der Waals surface area contributed by atoms with E-state index in [0.717, 1.165) is 19.3 Å². The van der Waals surface area contributed by atoms with E-state index in [0.29, 0.717) is 10.2 Å². The Morgan fingerprint density at radius 1 is 1.35 bits per heavy atom. The number of carboxylic acids is 1. The van der Waals surface area contributed by atoms with Gasteiger partial charge in [0.2, 0.25) is 0 Å². The van der Waals surface area contributed by atoms with Gasteiger partial charge in [-0.25, -0.2) is 9.59 Å². The lowest BCUT2D eigenvalue weighted by molar-refractivity contribution is 0.0697. The molecule has 2 amide bonds. The summed E-state index contributed by atoms with van der Waals surface area (Å²) >= 11 is 3.29. The molecule has 6 heteroatoms. The van der Waals surface area contributed by atoms with Gasteiger partial charge < -0.3 is 15.7 Å². The summed E-state index contributed by atoms with van der Waals surface area (Å²) < 4.78 is 0.640. The fraction of sp³-hybridized carbons (Fsp3) is 0.429. The van der Waals surface area contributed by atoms with Crippen molar-refractivity contribution in [1.29, 1.82) is 0 Å². The molecule has 0 bridgehead atoms. The molecule has 0 aromatic heterocycles. The van der Waals surface area contributed by atoms with Crippen molar-refractivity contribution < 1.29 is 14.7 Å². The number of halogens is 1. The lowest BCUT2D eigenvalue weighted by Crippen LogP contribution is -2.37. The van der Waals surface area contributed by atoms with E-state index < -0.39 is 5.97 Å². The Morgan fingerprint density at radius 3 is 2.60 bits per heavy atom. The van der Waals surface area contributed by atoms with E-state index in [9.17, 15) is 9.59 Å². The maximum Gasteiger partial charge on any atom is 0.335 e. The fourth-order valence-electron chi connectivity index (χ4n) is 1.82. The highest BCUT2D eigenvalue weighted by Crippen LogP contribution is 2.23. The third-order valence-electron chi connectivity index (χ3n) is 2.93. The first-order valence-electron chi connectivity index (χ1n) is 6.58. The van der Waals surface area contributed by atoms with Gasteiger partial charge in [0.15, 0.2) is 0 Å². The molecule has 0 aliphatic carbocycles. The van der Waals surface area contributed by atoms with Gasteiger partial charge in [-0.15, -0.1) is 0 Å². The van der Waals surface area contributed by atoms with Crippen LogP contribution in [0.25, 0.3) is 0 Å². The molecule has 1 atom stereocenters. The van der Waals surface area contributed by atoms with Gasteiger partial charge in [0.1, 0.15) is 0 Å². The molecule has 110 valence electrons. The van der Waals surface area contributed by atoms with E-state index >= 15 is 0 Å². The number of carbonyl (C=O) groups excluding carboxylic acids is 1. The van der Waals surface area contributed by atoms with Crippen molar-refractivity contribution in [1.82, 2.24) is 5.32 Å². The molecule has 3 N–H and O–H groups in total. The average molecular weight is 343 g/mol. The van der Waals surface area contributed by atoms with E-state index in [2.05, 4.69) is 33.5 Å². The number of nitrogens with one attached hydrogen (secondary N) is 2. The van der Waals surface area contributed by atoms with Crippen LogP contribution < -0.4 is 10.6 Å². The molecule has 0 saturated carbocycles.